The molecule has 0 spiro atoms. The van der Waals surface area contributed by atoms with Crippen LogP contribution in [0.2, 0.25) is 0 Å². The molecule has 0 aliphatic heterocycles. The Hall–Kier alpha value is -1.39. The molecule has 5 heteroatoms. The lowest BCUT2D eigenvalue weighted by molar-refractivity contribution is -0.165. The van der Waals surface area contributed by atoms with E-state index in [4.69, 9.17) is 9.47 Å². The summed E-state index contributed by atoms with van der Waals surface area (Å²) < 4.78 is 10.0. The van der Waals surface area contributed by atoms with Crippen LogP contribution >= 0.6 is 0 Å². The van der Waals surface area contributed by atoms with Gasteiger partial charge >= 0.3 is 11.9 Å². The van der Waals surface area contributed by atoms with Crippen molar-refractivity contribution >= 4 is 17.7 Å². The molecule has 0 aromatic heterocycles. The van der Waals surface area contributed by atoms with Gasteiger partial charge in [0.1, 0.15) is 5.78 Å². The van der Waals surface area contributed by atoms with E-state index >= 15 is 0 Å². The standard InChI is InChI=1S/C17H28O5/c1-4-7-8-12-9-10-13(11-14(12)18)15(16(19)21-5-2)17(20)22-6-3/h12-13,15H,4-11H2,1-3H3/t12-,13-/m1/s1. The Bertz CT molecular complexity index is 373. The monoisotopic (exact) mass is 312 g/mol. The van der Waals surface area contributed by atoms with Crippen LogP contribution in [0.15, 0.2) is 0 Å². The topological polar surface area (TPSA) is 69.7 Å². The second kappa shape index (κ2) is 9.59. The van der Waals surface area contributed by atoms with Crippen molar-refractivity contribution in [3.05, 3.63) is 0 Å². The van der Waals surface area contributed by atoms with Crippen LogP contribution in [0.3, 0.4) is 0 Å². The summed E-state index contributed by atoms with van der Waals surface area (Å²) in [5, 5.41) is 0. The number of hydrogen-bond acceptors (Lipinski definition) is 5. The van der Waals surface area contributed by atoms with Crippen LogP contribution in [0, 0.1) is 17.8 Å². The van der Waals surface area contributed by atoms with E-state index < -0.39 is 17.9 Å². The van der Waals surface area contributed by atoms with Crippen molar-refractivity contribution in [1.29, 1.82) is 0 Å². The fourth-order valence-electron chi connectivity index (χ4n) is 3.09. The lowest BCUT2D eigenvalue weighted by Crippen LogP contribution is -2.39. The average Bonchev–Trinajstić information content (AvgIpc) is 2.47. The first-order chi connectivity index (χ1) is 10.5. The minimum Gasteiger partial charge on any atom is -0.465 e. The molecule has 1 aliphatic rings. The maximum atomic E-state index is 12.3. The van der Waals surface area contributed by atoms with Crippen molar-refractivity contribution in [3.63, 3.8) is 0 Å². The Kier molecular flexibility index (Phi) is 8.13. The quantitative estimate of drug-likeness (QED) is 0.509. The van der Waals surface area contributed by atoms with E-state index in [9.17, 15) is 14.4 Å². The van der Waals surface area contributed by atoms with Crippen LogP contribution in [0.1, 0.15) is 59.3 Å². The van der Waals surface area contributed by atoms with Gasteiger partial charge in [0.05, 0.1) is 13.2 Å². The molecule has 0 radical (unpaired) electrons. The van der Waals surface area contributed by atoms with Gasteiger partial charge in [-0.25, -0.2) is 0 Å². The Balaban J connectivity index is 2.73. The predicted molar refractivity (Wildman–Crippen MR) is 82.1 cm³/mol. The zero-order chi connectivity index (χ0) is 16.5. The summed E-state index contributed by atoms with van der Waals surface area (Å²) >= 11 is 0. The summed E-state index contributed by atoms with van der Waals surface area (Å²) in [6.45, 7) is 5.94. The minimum atomic E-state index is -0.962. The van der Waals surface area contributed by atoms with Gasteiger partial charge in [0.25, 0.3) is 0 Å². The van der Waals surface area contributed by atoms with Crippen molar-refractivity contribution in [2.45, 2.75) is 59.3 Å². The lowest BCUT2D eigenvalue weighted by atomic mass is 9.73. The van der Waals surface area contributed by atoms with Crippen LogP contribution < -0.4 is 0 Å². The smallest absolute Gasteiger partial charge is 0.320 e. The van der Waals surface area contributed by atoms with E-state index in [0.717, 1.165) is 25.7 Å². The number of esters is 2. The van der Waals surface area contributed by atoms with Gasteiger partial charge in [-0.1, -0.05) is 19.8 Å². The van der Waals surface area contributed by atoms with Gasteiger partial charge in [-0.3, -0.25) is 14.4 Å². The molecule has 0 amide bonds. The first kappa shape index (κ1) is 18.7. The molecule has 0 bridgehead atoms. The number of carbonyl (C=O) groups excluding carboxylic acids is 3. The SMILES string of the molecule is CCCC[C@@H]1CC[C@@H](C(C(=O)OCC)C(=O)OCC)CC1=O. The molecule has 1 rings (SSSR count). The van der Waals surface area contributed by atoms with E-state index in [1.165, 1.54) is 0 Å². The second-order valence-corrected chi connectivity index (χ2v) is 5.83. The molecule has 2 atom stereocenters. The maximum Gasteiger partial charge on any atom is 0.320 e. The highest BCUT2D eigenvalue weighted by Gasteiger charge is 2.41. The zero-order valence-electron chi connectivity index (χ0n) is 13.9. The third-order valence-electron chi connectivity index (χ3n) is 4.26. The lowest BCUT2D eigenvalue weighted by Gasteiger charge is -2.30. The molecule has 0 aromatic rings. The number of rotatable bonds is 8. The van der Waals surface area contributed by atoms with Crippen LogP contribution in [-0.2, 0) is 23.9 Å². The summed E-state index contributed by atoms with van der Waals surface area (Å²) in [7, 11) is 0. The fourth-order valence-corrected chi connectivity index (χ4v) is 3.09. The molecule has 5 nitrogen and oxygen atoms in total. The van der Waals surface area contributed by atoms with Gasteiger partial charge < -0.3 is 9.47 Å². The number of ketones is 1. The maximum absolute atomic E-state index is 12.3. The van der Waals surface area contributed by atoms with Crippen molar-refractivity contribution < 1.29 is 23.9 Å². The zero-order valence-corrected chi connectivity index (χ0v) is 13.9. The van der Waals surface area contributed by atoms with Gasteiger partial charge in [0.2, 0.25) is 0 Å². The van der Waals surface area contributed by atoms with Crippen LogP contribution in [0.5, 0.6) is 0 Å². The third-order valence-corrected chi connectivity index (χ3v) is 4.26. The van der Waals surface area contributed by atoms with Gasteiger partial charge in [-0.15, -0.1) is 0 Å². The highest BCUT2D eigenvalue weighted by molar-refractivity contribution is 5.96. The van der Waals surface area contributed by atoms with E-state index in [2.05, 4.69) is 6.92 Å². The van der Waals surface area contributed by atoms with Gasteiger partial charge in [0.15, 0.2) is 5.92 Å². The number of hydrogen-bond donors (Lipinski definition) is 0. The molecular weight excluding hydrogens is 284 g/mol. The van der Waals surface area contributed by atoms with E-state index in [0.29, 0.717) is 6.42 Å². The van der Waals surface area contributed by atoms with Crippen LogP contribution in [0.4, 0.5) is 0 Å². The number of ether oxygens (including phenoxy) is 2. The molecule has 1 saturated carbocycles. The molecule has 1 aliphatic carbocycles. The van der Waals surface area contributed by atoms with Gasteiger partial charge in [-0.05, 0) is 39.0 Å². The van der Waals surface area contributed by atoms with Gasteiger partial charge in [0, 0.05) is 12.3 Å². The highest BCUT2D eigenvalue weighted by Crippen LogP contribution is 2.34. The summed E-state index contributed by atoms with van der Waals surface area (Å²) in [5.41, 5.74) is 0. The van der Waals surface area contributed by atoms with E-state index in [1.54, 1.807) is 13.8 Å². The fraction of sp³-hybridized carbons (Fsp3) is 0.824. The van der Waals surface area contributed by atoms with Crippen molar-refractivity contribution in [1.82, 2.24) is 0 Å². The number of Topliss-reactive ketones (excluding diaryl/α,β-unsaturated/α-hetero) is 1. The molecule has 22 heavy (non-hydrogen) atoms. The molecular formula is C17H28O5. The van der Waals surface area contributed by atoms with Crippen molar-refractivity contribution in [3.8, 4) is 0 Å². The predicted octanol–water partition coefficient (Wildman–Crippen LogP) is 2.90. The average molecular weight is 312 g/mol. The van der Waals surface area contributed by atoms with E-state index in [-0.39, 0.29) is 37.3 Å². The molecule has 0 heterocycles. The Morgan fingerprint density at radius 2 is 1.68 bits per heavy atom. The summed E-state index contributed by atoms with van der Waals surface area (Å²) in [6, 6.07) is 0. The van der Waals surface area contributed by atoms with Crippen molar-refractivity contribution in [2.75, 3.05) is 13.2 Å². The molecule has 0 unspecified atom stereocenters. The van der Waals surface area contributed by atoms with Crippen molar-refractivity contribution in [2.24, 2.45) is 17.8 Å². The van der Waals surface area contributed by atoms with Gasteiger partial charge in [-0.2, -0.15) is 0 Å². The molecule has 126 valence electrons. The molecule has 0 saturated heterocycles. The number of unbranched alkanes of at least 4 members (excludes halogenated alkanes) is 1. The molecule has 1 fully saturated rings. The molecule has 0 aromatic carbocycles. The first-order valence-electron chi connectivity index (χ1n) is 8.41. The number of carbonyl (C=O) groups is 3. The summed E-state index contributed by atoms with van der Waals surface area (Å²) in [6.07, 6.45) is 4.74. The van der Waals surface area contributed by atoms with Crippen LogP contribution in [0.25, 0.3) is 0 Å². The largest absolute Gasteiger partial charge is 0.465 e. The Labute approximate surface area is 132 Å². The summed E-state index contributed by atoms with van der Waals surface area (Å²) in [5.74, 6) is -2.12. The third kappa shape index (κ3) is 5.11. The van der Waals surface area contributed by atoms with E-state index in [1.807, 2.05) is 0 Å². The minimum absolute atomic E-state index is 0.0845. The Morgan fingerprint density at radius 1 is 1.09 bits per heavy atom. The van der Waals surface area contributed by atoms with Crippen LogP contribution in [-0.4, -0.2) is 30.9 Å². The molecule has 0 N–H and O–H groups in total. The normalized spacial score (nSPS) is 21.7. The summed E-state index contributed by atoms with van der Waals surface area (Å²) in [4.78, 5) is 36.4. The Morgan fingerprint density at radius 3 is 2.14 bits per heavy atom. The second-order valence-electron chi connectivity index (χ2n) is 5.83. The highest BCUT2D eigenvalue weighted by atomic mass is 16.6. The first-order valence-corrected chi connectivity index (χ1v) is 8.41.